The van der Waals surface area contributed by atoms with Gasteiger partial charge in [0.2, 0.25) is 5.91 Å². The second-order valence-electron chi connectivity index (χ2n) is 4.46. The van der Waals surface area contributed by atoms with Crippen molar-refractivity contribution in [3.63, 3.8) is 0 Å². The molecule has 2 aromatic rings. The highest BCUT2D eigenvalue weighted by atomic mass is 32.2. The van der Waals surface area contributed by atoms with Gasteiger partial charge in [0.15, 0.2) is 0 Å². The summed E-state index contributed by atoms with van der Waals surface area (Å²) >= 11 is 3.42. The number of hydrogen-bond donors (Lipinski definition) is 0. The first kappa shape index (κ1) is 12.8. The number of carbonyl (C=O) groups is 1. The van der Waals surface area contributed by atoms with E-state index in [0.29, 0.717) is 5.75 Å². The van der Waals surface area contributed by atoms with Crippen LogP contribution in [0, 0.1) is 0 Å². The third-order valence-electron chi connectivity index (χ3n) is 3.28. The molecule has 0 unspecified atom stereocenters. The van der Waals surface area contributed by atoms with Gasteiger partial charge in [-0.25, -0.2) is 0 Å². The lowest BCUT2D eigenvalue weighted by molar-refractivity contribution is -0.115. The number of anilines is 1. The second-order valence-corrected chi connectivity index (χ2v) is 6.51. The molecule has 1 fully saturated rings. The van der Waals surface area contributed by atoms with Crippen LogP contribution >= 0.6 is 23.1 Å². The number of thioether (sulfide) groups is 1. The Morgan fingerprint density at radius 3 is 2.68 bits per heavy atom. The molecule has 3 rings (SSSR count). The second kappa shape index (κ2) is 5.39. The Hall–Kier alpha value is -1.26. The summed E-state index contributed by atoms with van der Waals surface area (Å²) in [5.74, 6) is 0.769. The van der Waals surface area contributed by atoms with E-state index in [4.69, 9.17) is 0 Å². The van der Waals surface area contributed by atoms with E-state index in [0.717, 1.165) is 12.1 Å². The van der Waals surface area contributed by atoms with Crippen LogP contribution in [0.5, 0.6) is 0 Å². The van der Waals surface area contributed by atoms with Gasteiger partial charge >= 0.3 is 0 Å². The zero-order valence-electron chi connectivity index (χ0n) is 10.7. The number of nitrogens with zero attached hydrogens (tertiary/aromatic N) is 1. The van der Waals surface area contributed by atoms with Crippen molar-refractivity contribution >= 4 is 34.7 Å². The molecule has 0 aliphatic carbocycles. The average molecular weight is 289 g/mol. The Morgan fingerprint density at radius 2 is 2.05 bits per heavy atom. The molecule has 0 bridgehead atoms. The summed E-state index contributed by atoms with van der Waals surface area (Å²) in [5, 5.41) is 2.21. The first-order valence-electron chi connectivity index (χ1n) is 6.35. The fraction of sp³-hybridized carbons (Fsp3) is 0.267. The van der Waals surface area contributed by atoms with Crippen LogP contribution in [0.25, 0.3) is 0 Å². The number of amides is 1. The average Bonchev–Trinajstić information content (AvgIpc) is 3.08. The third-order valence-corrected chi connectivity index (χ3v) is 5.55. The molecule has 1 saturated heterocycles. The van der Waals surface area contributed by atoms with Crippen LogP contribution in [0.2, 0.25) is 0 Å². The van der Waals surface area contributed by atoms with Crippen molar-refractivity contribution in [3.05, 3.63) is 52.2 Å². The lowest BCUT2D eigenvalue weighted by Crippen LogP contribution is -2.27. The molecule has 1 aromatic carbocycles. The summed E-state index contributed by atoms with van der Waals surface area (Å²) in [6.45, 7) is 2.14. The van der Waals surface area contributed by atoms with Gasteiger partial charge in [-0.1, -0.05) is 25.1 Å². The van der Waals surface area contributed by atoms with Crippen molar-refractivity contribution in [2.24, 2.45) is 0 Å². The van der Waals surface area contributed by atoms with E-state index in [9.17, 15) is 4.79 Å². The van der Waals surface area contributed by atoms with E-state index in [1.165, 1.54) is 10.4 Å². The monoisotopic (exact) mass is 289 g/mol. The number of hydrogen-bond acceptors (Lipinski definition) is 3. The summed E-state index contributed by atoms with van der Waals surface area (Å²) in [7, 11) is 0. The molecule has 19 heavy (non-hydrogen) atoms. The molecule has 2 heterocycles. The van der Waals surface area contributed by atoms with E-state index >= 15 is 0 Å². The maximum absolute atomic E-state index is 12.1. The first-order chi connectivity index (χ1) is 9.29. The van der Waals surface area contributed by atoms with Crippen molar-refractivity contribution < 1.29 is 4.79 Å². The summed E-state index contributed by atoms with van der Waals surface area (Å²) in [6.07, 6.45) is 1.03. The van der Waals surface area contributed by atoms with Crippen LogP contribution in [0.1, 0.15) is 22.7 Å². The number of rotatable bonds is 3. The fourth-order valence-electron chi connectivity index (χ4n) is 2.24. The lowest BCUT2D eigenvalue weighted by atomic mass is 10.1. The molecule has 0 N–H and O–H groups in total. The van der Waals surface area contributed by atoms with Gasteiger partial charge < -0.3 is 0 Å². The van der Waals surface area contributed by atoms with E-state index < -0.39 is 0 Å². The smallest absolute Gasteiger partial charge is 0.238 e. The van der Waals surface area contributed by atoms with E-state index in [-0.39, 0.29) is 11.3 Å². The molecule has 1 atom stereocenters. The zero-order valence-corrected chi connectivity index (χ0v) is 12.3. The van der Waals surface area contributed by atoms with Crippen LogP contribution in [-0.4, -0.2) is 11.7 Å². The Labute approximate surface area is 121 Å². The molecular formula is C15H15NOS2. The highest BCUT2D eigenvalue weighted by Gasteiger charge is 2.34. The van der Waals surface area contributed by atoms with Gasteiger partial charge in [0.05, 0.1) is 5.75 Å². The molecule has 1 aromatic heterocycles. The molecular weight excluding hydrogens is 274 g/mol. The maximum atomic E-state index is 12.1. The SMILES string of the molecule is CCc1ccc(N2C(=O)CS[C@@H]2c2cccs2)cc1. The summed E-state index contributed by atoms with van der Waals surface area (Å²) in [6, 6.07) is 12.5. The van der Waals surface area contributed by atoms with Gasteiger partial charge in [0.1, 0.15) is 5.37 Å². The molecule has 98 valence electrons. The quantitative estimate of drug-likeness (QED) is 0.848. The van der Waals surface area contributed by atoms with Gasteiger partial charge in [-0.3, -0.25) is 9.69 Å². The topological polar surface area (TPSA) is 20.3 Å². The van der Waals surface area contributed by atoms with Crippen LogP contribution in [0.15, 0.2) is 41.8 Å². The molecule has 4 heteroatoms. The van der Waals surface area contributed by atoms with Crippen LogP contribution in [0.3, 0.4) is 0 Å². The maximum Gasteiger partial charge on any atom is 0.238 e. The Bertz CT molecular complexity index is 562. The normalized spacial score (nSPS) is 19.1. The van der Waals surface area contributed by atoms with E-state index in [1.807, 2.05) is 11.0 Å². The van der Waals surface area contributed by atoms with E-state index in [1.54, 1.807) is 23.1 Å². The minimum absolute atomic E-state index is 0.139. The summed E-state index contributed by atoms with van der Waals surface area (Å²) in [4.78, 5) is 15.3. The Balaban J connectivity index is 1.93. The van der Waals surface area contributed by atoms with Crippen molar-refractivity contribution in [1.29, 1.82) is 0 Å². The van der Waals surface area contributed by atoms with Gasteiger partial charge in [0.25, 0.3) is 0 Å². The molecule has 1 amide bonds. The predicted molar refractivity (Wildman–Crippen MR) is 82.8 cm³/mol. The van der Waals surface area contributed by atoms with Gasteiger partial charge in [-0.05, 0) is 35.6 Å². The fourth-order valence-corrected chi connectivity index (χ4v) is 4.37. The number of carbonyl (C=O) groups excluding carboxylic acids is 1. The zero-order chi connectivity index (χ0) is 13.2. The van der Waals surface area contributed by atoms with Crippen molar-refractivity contribution in [2.75, 3.05) is 10.7 Å². The molecule has 1 aliphatic heterocycles. The number of aryl methyl sites for hydroxylation is 1. The number of thiophene rings is 1. The highest BCUT2D eigenvalue weighted by Crippen LogP contribution is 2.43. The molecule has 0 saturated carbocycles. The van der Waals surface area contributed by atoms with E-state index in [2.05, 4.69) is 42.6 Å². The van der Waals surface area contributed by atoms with Crippen molar-refractivity contribution in [3.8, 4) is 0 Å². The minimum atomic E-state index is 0.139. The summed E-state index contributed by atoms with van der Waals surface area (Å²) < 4.78 is 0. The van der Waals surface area contributed by atoms with Crippen LogP contribution in [0.4, 0.5) is 5.69 Å². The van der Waals surface area contributed by atoms with Gasteiger partial charge in [0, 0.05) is 10.6 Å². The number of benzene rings is 1. The molecule has 1 aliphatic rings. The van der Waals surface area contributed by atoms with Crippen molar-refractivity contribution in [1.82, 2.24) is 0 Å². The molecule has 2 nitrogen and oxygen atoms in total. The van der Waals surface area contributed by atoms with Crippen molar-refractivity contribution in [2.45, 2.75) is 18.7 Å². The minimum Gasteiger partial charge on any atom is -0.294 e. The highest BCUT2D eigenvalue weighted by molar-refractivity contribution is 8.01. The Kier molecular flexibility index (Phi) is 3.62. The Morgan fingerprint density at radius 1 is 1.26 bits per heavy atom. The van der Waals surface area contributed by atoms with Gasteiger partial charge in [-0.2, -0.15) is 0 Å². The van der Waals surface area contributed by atoms with Crippen LogP contribution < -0.4 is 4.90 Å². The largest absolute Gasteiger partial charge is 0.294 e. The first-order valence-corrected chi connectivity index (χ1v) is 8.28. The lowest BCUT2D eigenvalue weighted by Gasteiger charge is -2.23. The standard InChI is InChI=1S/C15H15NOS2/c1-2-11-5-7-12(8-6-11)16-14(17)10-19-15(16)13-4-3-9-18-13/h3-9,15H,2,10H2,1H3/t15-/m1/s1. The molecule has 0 radical (unpaired) electrons. The predicted octanol–water partition coefficient (Wildman–Crippen LogP) is 4.09. The summed E-state index contributed by atoms with van der Waals surface area (Å²) in [5.41, 5.74) is 2.31. The molecule has 0 spiro atoms. The van der Waals surface area contributed by atoms with Gasteiger partial charge in [-0.15, -0.1) is 23.1 Å². The van der Waals surface area contributed by atoms with Crippen LogP contribution in [-0.2, 0) is 11.2 Å². The third kappa shape index (κ3) is 2.42.